The third-order valence-corrected chi connectivity index (χ3v) is 3.05. The molecule has 0 aliphatic heterocycles. The topological polar surface area (TPSA) is 121 Å². The smallest absolute Gasteiger partial charge is 0.280 e. The fourth-order valence-electron chi connectivity index (χ4n) is 1.94. The highest BCUT2D eigenvalue weighted by molar-refractivity contribution is 5.82. The van der Waals surface area contributed by atoms with Crippen molar-refractivity contribution in [2.75, 3.05) is 5.32 Å². The number of hydrazine groups is 1. The molecule has 9 heteroatoms. The fraction of sp³-hybridized carbons (Fsp3) is 0.143. The number of H-pyrrole nitrogens is 1. The number of pyridine rings is 1. The minimum absolute atomic E-state index is 0. The van der Waals surface area contributed by atoms with Crippen LogP contribution < -0.4 is 27.9 Å². The summed E-state index contributed by atoms with van der Waals surface area (Å²) in [5.74, 6) is 7.01. The summed E-state index contributed by atoms with van der Waals surface area (Å²) in [5.41, 5.74) is 1.99. The molecule has 0 aliphatic rings. The number of benzene rings is 1. The predicted molar refractivity (Wildman–Crippen MR) is 88.5 cm³/mol. The summed E-state index contributed by atoms with van der Waals surface area (Å²) in [5, 5.41) is 6.02. The van der Waals surface area contributed by atoms with Crippen molar-refractivity contribution in [1.82, 2.24) is 10.4 Å². The molecule has 1 aromatic heterocycles. The molecule has 0 atom stereocenters. The minimum Gasteiger partial charge on any atom is -0.348 e. The van der Waals surface area contributed by atoms with Gasteiger partial charge in [0.15, 0.2) is 5.43 Å². The van der Waals surface area contributed by atoms with E-state index in [1.807, 2.05) is 5.43 Å². The molecule has 0 unspecified atom stereocenters. The summed E-state index contributed by atoms with van der Waals surface area (Å²) in [6.07, 6.45) is 0.700. The number of nitrogens with two attached hydrogens (primary N) is 2. The van der Waals surface area contributed by atoms with E-state index in [0.717, 1.165) is 0 Å². The van der Waals surface area contributed by atoms with Gasteiger partial charge in [-0.3, -0.25) is 4.79 Å². The van der Waals surface area contributed by atoms with E-state index in [9.17, 15) is 13.6 Å². The number of hydrazone groups is 1. The van der Waals surface area contributed by atoms with Gasteiger partial charge >= 0.3 is 0 Å². The number of hydrogen-bond acceptors (Lipinski definition) is 5. The molecule has 23 heavy (non-hydrogen) atoms. The van der Waals surface area contributed by atoms with Gasteiger partial charge in [0.05, 0.1) is 6.42 Å². The lowest BCUT2D eigenvalue weighted by molar-refractivity contribution is 0.00311. The Morgan fingerprint density at radius 3 is 2.78 bits per heavy atom. The van der Waals surface area contributed by atoms with Crippen LogP contribution in [0.2, 0.25) is 0 Å². The molecule has 7 N–H and O–H groups in total. The number of anilines is 2. The first kappa shape index (κ1) is 16.4. The number of halogens is 2. The Labute approximate surface area is 133 Å². The lowest BCUT2D eigenvalue weighted by Gasteiger charge is -2.18. The van der Waals surface area contributed by atoms with E-state index in [0.29, 0.717) is 11.5 Å². The van der Waals surface area contributed by atoms with Crippen molar-refractivity contribution in [3.63, 3.8) is 0 Å². The summed E-state index contributed by atoms with van der Waals surface area (Å²) >= 11 is 0. The molecule has 0 spiro atoms. The van der Waals surface area contributed by atoms with Gasteiger partial charge in [-0.15, -0.1) is 0 Å². The highest BCUT2D eigenvalue weighted by Gasteiger charge is 2.33. The van der Waals surface area contributed by atoms with Crippen molar-refractivity contribution >= 4 is 17.3 Å². The molecule has 1 aromatic carbocycles. The molecule has 0 radical (unpaired) electrons. The van der Waals surface area contributed by atoms with Crippen molar-refractivity contribution < 1.29 is 11.6 Å². The molecule has 0 amide bonds. The van der Waals surface area contributed by atoms with Crippen LogP contribution in [-0.4, -0.2) is 10.8 Å². The first-order valence-corrected chi connectivity index (χ1v) is 6.62. The number of aromatic amines is 1. The molecule has 0 bridgehead atoms. The summed E-state index contributed by atoms with van der Waals surface area (Å²) < 4.78 is 28.5. The molecule has 2 rings (SSSR count). The van der Waals surface area contributed by atoms with Gasteiger partial charge in [-0.25, -0.2) is 14.6 Å². The van der Waals surface area contributed by atoms with E-state index in [2.05, 4.69) is 15.4 Å². The first-order chi connectivity index (χ1) is 10.9. The van der Waals surface area contributed by atoms with Gasteiger partial charge in [0.25, 0.3) is 5.92 Å². The van der Waals surface area contributed by atoms with E-state index < -0.39 is 12.3 Å². The highest BCUT2D eigenvalue weighted by Crippen LogP contribution is 2.33. The van der Waals surface area contributed by atoms with Crippen LogP contribution in [0.15, 0.2) is 52.5 Å². The Balaban J connectivity index is 0.00000288. The molecule has 7 nitrogen and oxygen atoms in total. The van der Waals surface area contributed by atoms with Crippen molar-refractivity contribution in [3.05, 3.63) is 58.4 Å². The quantitative estimate of drug-likeness (QED) is 0.248. The Kier molecular flexibility index (Phi) is 4.91. The van der Waals surface area contributed by atoms with Crippen molar-refractivity contribution in [2.24, 2.45) is 16.8 Å². The van der Waals surface area contributed by atoms with Crippen molar-refractivity contribution in [3.8, 4) is 0 Å². The van der Waals surface area contributed by atoms with E-state index in [1.165, 1.54) is 36.5 Å². The molecule has 126 valence electrons. The Bertz CT molecular complexity index is 769. The Hall–Kier alpha value is -2.94. The van der Waals surface area contributed by atoms with Gasteiger partial charge < -0.3 is 21.6 Å². The third-order valence-electron chi connectivity index (χ3n) is 3.05. The summed E-state index contributed by atoms with van der Waals surface area (Å²) in [6.45, 7) is 0. The average molecular weight is 326 g/mol. The Morgan fingerprint density at radius 1 is 1.35 bits per heavy atom. The zero-order valence-electron chi connectivity index (χ0n) is 12.0. The second-order valence-corrected chi connectivity index (χ2v) is 4.75. The summed E-state index contributed by atoms with van der Waals surface area (Å²) in [4.78, 5) is 14.1. The SMILES string of the molecule is N/N=C(/CC(F)(F)c1cccc(Nc2cc(=O)cc[nH]2)c1)NN.[HH].[HH]. The zero-order valence-corrected chi connectivity index (χ0v) is 12.0. The van der Waals surface area contributed by atoms with E-state index in [4.69, 9.17) is 11.7 Å². The van der Waals surface area contributed by atoms with Gasteiger partial charge in [0, 0.05) is 32.4 Å². The predicted octanol–water partition coefficient (Wildman–Crippen LogP) is 1.83. The van der Waals surface area contributed by atoms with Crippen molar-refractivity contribution in [1.29, 1.82) is 0 Å². The second kappa shape index (κ2) is 6.88. The van der Waals surface area contributed by atoms with Crippen LogP contribution in [0, 0.1) is 0 Å². The largest absolute Gasteiger partial charge is 0.348 e. The monoisotopic (exact) mass is 326 g/mol. The molecule has 0 aliphatic carbocycles. The maximum atomic E-state index is 14.2. The third kappa shape index (κ3) is 4.27. The molecular formula is C14H20F2N6O. The van der Waals surface area contributed by atoms with Gasteiger partial charge in [-0.1, -0.05) is 12.1 Å². The van der Waals surface area contributed by atoms with Crippen LogP contribution in [0.1, 0.15) is 14.8 Å². The van der Waals surface area contributed by atoms with Crippen LogP contribution in [0.4, 0.5) is 20.3 Å². The number of amidine groups is 1. The van der Waals surface area contributed by atoms with Crippen LogP contribution in [-0.2, 0) is 5.92 Å². The normalized spacial score (nSPS) is 12.0. The van der Waals surface area contributed by atoms with Crippen LogP contribution in [0.3, 0.4) is 0 Å². The molecule has 0 saturated carbocycles. The second-order valence-electron chi connectivity index (χ2n) is 4.75. The lowest BCUT2D eigenvalue weighted by atomic mass is 10.0. The maximum absolute atomic E-state index is 14.2. The van der Waals surface area contributed by atoms with Gasteiger partial charge in [-0.2, -0.15) is 5.10 Å². The zero-order chi connectivity index (χ0) is 16.9. The first-order valence-electron chi connectivity index (χ1n) is 6.62. The van der Waals surface area contributed by atoms with Crippen LogP contribution in [0.5, 0.6) is 0 Å². The van der Waals surface area contributed by atoms with Crippen LogP contribution >= 0.6 is 0 Å². The summed E-state index contributed by atoms with van der Waals surface area (Å²) in [7, 11) is 0. The van der Waals surface area contributed by atoms with Crippen molar-refractivity contribution in [2.45, 2.75) is 12.3 Å². The lowest BCUT2D eigenvalue weighted by Crippen LogP contribution is -2.35. The number of rotatable bonds is 5. The number of alkyl halides is 2. The molecule has 2 aromatic rings. The fourth-order valence-corrected chi connectivity index (χ4v) is 1.94. The van der Waals surface area contributed by atoms with E-state index in [-0.39, 0.29) is 19.7 Å². The van der Waals surface area contributed by atoms with Gasteiger partial charge in [0.1, 0.15) is 11.7 Å². The molecule has 0 fully saturated rings. The Morgan fingerprint density at radius 2 is 2.13 bits per heavy atom. The standard InChI is InChI=1S/C14H16F2N6O.2H2/c15-14(16,8-13(21-17)22-18)9-2-1-3-10(6-9)20-12-7-11(23)4-5-19-12;;/h1-7H,8,17-18H2,(H,21,22)(H2,19,20,23);2*1H. The number of hydrogen-bond donors (Lipinski definition) is 5. The molecule has 1 heterocycles. The number of nitrogens with zero attached hydrogens (tertiary/aromatic N) is 1. The molecule has 0 saturated heterocycles. The summed E-state index contributed by atoms with van der Waals surface area (Å²) in [6, 6.07) is 8.30. The average Bonchev–Trinajstić information content (AvgIpc) is 2.53. The number of nitrogens with one attached hydrogen (secondary N) is 3. The van der Waals surface area contributed by atoms with E-state index in [1.54, 1.807) is 6.07 Å². The van der Waals surface area contributed by atoms with Gasteiger partial charge in [0.2, 0.25) is 0 Å². The maximum Gasteiger partial charge on any atom is 0.280 e. The molecular weight excluding hydrogens is 306 g/mol. The highest BCUT2D eigenvalue weighted by atomic mass is 19.3. The minimum atomic E-state index is -3.22. The van der Waals surface area contributed by atoms with Gasteiger partial charge in [-0.05, 0) is 12.1 Å². The van der Waals surface area contributed by atoms with E-state index >= 15 is 0 Å². The number of aromatic nitrogens is 1. The van der Waals surface area contributed by atoms with Crippen LogP contribution in [0.25, 0.3) is 0 Å².